The van der Waals surface area contributed by atoms with Gasteiger partial charge in [0.2, 0.25) is 5.88 Å². The zero-order chi connectivity index (χ0) is 14.3. The van der Waals surface area contributed by atoms with E-state index in [4.69, 9.17) is 14.6 Å². The topological polar surface area (TPSA) is 130 Å². The molecule has 1 aliphatic rings. The number of aromatic nitrogens is 3. The first kappa shape index (κ1) is 12.3. The maximum Gasteiger partial charge on any atom is 0.434 e. The van der Waals surface area contributed by atoms with Gasteiger partial charge in [-0.2, -0.15) is 0 Å². The third-order valence-electron chi connectivity index (χ3n) is 2.75. The lowest BCUT2D eigenvalue weighted by Crippen LogP contribution is -2.38. The summed E-state index contributed by atoms with van der Waals surface area (Å²) in [5.74, 6) is -0.00750. The van der Waals surface area contributed by atoms with Gasteiger partial charge < -0.3 is 14.6 Å². The zero-order valence-corrected chi connectivity index (χ0v) is 9.92. The Kier molecular flexibility index (Phi) is 2.71. The fourth-order valence-electron chi connectivity index (χ4n) is 1.72. The highest BCUT2D eigenvalue weighted by Gasteiger charge is 2.26. The van der Waals surface area contributed by atoms with E-state index in [1.165, 1.54) is 6.07 Å². The van der Waals surface area contributed by atoms with Gasteiger partial charge in [0.15, 0.2) is 5.65 Å². The van der Waals surface area contributed by atoms with Gasteiger partial charge in [-0.1, -0.05) is 0 Å². The molecule has 2 aromatic heterocycles. The average Bonchev–Trinajstić information content (AvgIpc) is 2.72. The van der Waals surface area contributed by atoms with E-state index in [0.717, 1.165) is 6.20 Å². The first-order valence-corrected chi connectivity index (χ1v) is 5.57. The molecule has 1 aliphatic heterocycles. The van der Waals surface area contributed by atoms with Gasteiger partial charge >= 0.3 is 6.09 Å². The highest BCUT2D eigenvalue weighted by molar-refractivity contribution is 5.89. The van der Waals surface area contributed by atoms with Crippen molar-refractivity contribution < 1.29 is 24.3 Å². The molecule has 10 nitrogen and oxygen atoms in total. The molecule has 1 fully saturated rings. The highest BCUT2D eigenvalue weighted by atomic mass is 16.6. The fraction of sp³-hybridized carbons (Fsp3) is 0.300. The Balaban J connectivity index is 2.12. The van der Waals surface area contributed by atoms with Crippen molar-refractivity contribution in [3.63, 3.8) is 0 Å². The lowest BCUT2D eigenvalue weighted by molar-refractivity contribution is -0.385. The molecule has 0 amide bonds. The standard InChI is InChI=1S/C10H8N4O6/c15-10(16)13-8-7(1-5(2-11-8)14(17)18)9(12-13)20-6-3-19-4-6/h1-2,6H,3-4H2,(H,15,16). The van der Waals surface area contributed by atoms with Crippen LogP contribution in [0.4, 0.5) is 10.5 Å². The number of fused-ring (bicyclic) bond motifs is 1. The van der Waals surface area contributed by atoms with E-state index in [1.54, 1.807) is 0 Å². The Morgan fingerprint density at radius 1 is 1.60 bits per heavy atom. The van der Waals surface area contributed by atoms with E-state index in [2.05, 4.69) is 10.1 Å². The summed E-state index contributed by atoms with van der Waals surface area (Å²) in [7, 11) is 0. The Morgan fingerprint density at radius 3 is 2.90 bits per heavy atom. The number of rotatable bonds is 3. The number of hydrogen-bond donors (Lipinski definition) is 1. The van der Waals surface area contributed by atoms with Crippen LogP contribution >= 0.6 is 0 Å². The molecular weight excluding hydrogens is 272 g/mol. The smallest absolute Gasteiger partial charge is 0.434 e. The van der Waals surface area contributed by atoms with Crippen molar-refractivity contribution in [3.8, 4) is 5.88 Å². The van der Waals surface area contributed by atoms with Crippen molar-refractivity contribution in [2.24, 2.45) is 0 Å². The van der Waals surface area contributed by atoms with Crippen LogP contribution in [0.3, 0.4) is 0 Å². The summed E-state index contributed by atoms with van der Waals surface area (Å²) in [6.07, 6.45) is -0.620. The number of carbonyl (C=O) groups is 1. The summed E-state index contributed by atoms with van der Waals surface area (Å²) < 4.78 is 11.0. The molecule has 104 valence electrons. The maximum atomic E-state index is 11.1. The summed E-state index contributed by atoms with van der Waals surface area (Å²) in [5, 5.41) is 23.7. The molecule has 0 atom stereocenters. The largest absolute Gasteiger partial charge is 0.468 e. The fourth-order valence-corrected chi connectivity index (χ4v) is 1.72. The Morgan fingerprint density at radius 2 is 2.35 bits per heavy atom. The summed E-state index contributed by atoms with van der Waals surface area (Å²) in [4.78, 5) is 24.9. The van der Waals surface area contributed by atoms with Crippen LogP contribution < -0.4 is 4.74 Å². The van der Waals surface area contributed by atoms with E-state index >= 15 is 0 Å². The second-order valence-electron chi connectivity index (χ2n) is 4.10. The van der Waals surface area contributed by atoms with Crippen LogP contribution in [0.2, 0.25) is 0 Å². The second-order valence-corrected chi connectivity index (χ2v) is 4.10. The minimum atomic E-state index is -1.35. The van der Waals surface area contributed by atoms with Gasteiger partial charge in [0.05, 0.1) is 23.5 Å². The van der Waals surface area contributed by atoms with Crippen LogP contribution in [0, 0.1) is 10.1 Å². The third kappa shape index (κ3) is 1.91. The number of nitro groups is 1. The molecule has 2 aromatic rings. The minimum Gasteiger partial charge on any atom is -0.468 e. The van der Waals surface area contributed by atoms with E-state index in [9.17, 15) is 14.9 Å². The second kappa shape index (κ2) is 4.42. The molecule has 20 heavy (non-hydrogen) atoms. The van der Waals surface area contributed by atoms with Crippen molar-refractivity contribution in [1.82, 2.24) is 14.8 Å². The molecule has 0 saturated carbocycles. The molecular formula is C10H8N4O6. The number of nitrogens with zero attached hydrogens (tertiary/aromatic N) is 4. The molecule has 0 spiro atoms. The van der Waals surface area contributed by atoms with E-state index in [-0.39, 0.29) is 28.7 Å². The number of hydrogen-bond acceptors (Lipinski definition) is 7. The summed E-state index contributed by atoms with van der Waals surface area (Å²) in [5.41, 5.74) is -0.282. The van der Waals surface area contributed by atoms with E-state index in [0.29, 0.717) is 17.9 Å². The van der Waals surface area contributed by atoms with Gasteiger partial charge in [-0.25, -0.2) is 9.78 Å². The van der Waals surface area contributed by atoms with Gasteiger partial charge in [-0.15, -0.1) is 9.78 Å². The minimum absolute atomic E-state index is 0.00750. The molecule has 3 rings (SSSR count). The van der Waals surface area contributed by atoms with Crippen LogP contribution in [0.5, 0.6) is 5.88 Å². The predicted octanol–water partition coefficient (Wildman–Crippen LogP) is 0.643. The van der Waals surface area contributed by atoms with Crippen molar-refractivity contribution >= 4 is 22.8 Å². The average molecular weight is 280 g/mol. The monoisotopic (exact) mass is 280 g/mol. The molecule has 0 aromatic carbocycles. The quantitative estimate of drug-likeness (QED) is 0.640. The van der Waals surface area contributed by atoms with Crippen molar-refractivity contribution in [1.29, 1.82) is 0 Å². The first-order valence-electron chi connectivity index (χ1n) is 5.57. The molecule has 1 saturated heterocycles. The molecule has 0 bridgehead atoms. The van der Waals surface area contributed by atoms with Gasteiger partial charge in [-0.05, 0) is 0 Å². The van der Waals surface area contributed by atoms with Crippen molar-refractivity contribution in [3.05, 3.63) is 22.4 Å². The van der Waals surface area contributed by atoms with Crippen LogP contribution in [0.25, 0.3) is 11.0 Å². The van der Waals surface area contributed by atoms with Crippen LogP contribution in [0.1, 0.15) is 0 Å². The van der Waals surface area contributed by atoms with Crippen LogP contribution in [-0.4, -0.2) is 50.2 Å². The Bertz CT molecular complexity index is 707. The Hall–Kier alpha value is -2.75. The lowest BCUT2D eigenvalue weighted by atomic mass is 10.3. The number of carboxylic acid groups (broad SMARTS) is 1. The molecule has 0 aliphatic carbocycles. The van der Waals surface area contributed by atoms with Crippen LogP contribution in [0.15, 0.2) is 12.3 Å². The van der Waals surface area contributed by atoms with Crippen molar-refractivity contribution in [2.45, 2.75) is 6.10 Å². The molecule has 0 radical (unpaired) electrons. The molecule has 10 heteroatoms. The lowest BCUT2D eigenvalue weighted by Gasteiger charge is -2.25. The van der Waals surface area contributed by atoms with Gasteiger partial charge in [0.25, 0.3) is 5.69 Å². The zero-order valence-electron chi connectivity index (χ0n) is 9.92. The third-order valence-corrected chi connectivity index (χ3v) is 2.75. The predicted molar refractivity (Wildman–Crippen MR) is 62.8 cm³/mol. The SMILES string of the molecule is O=C(O)n1nc(OC2COC2)c2cc([N+](=O)[O-])cnc21. The summed E-state index contributed by atoms with van der Waals surface area (Å²) in [6.45, 7) is 0.730. The van der Waals surface area contributed by atoms with Crippen molar-refractivity contribution in [2.75, 3.05) is 13.2 Å². The van der Waals surface area contributed by atoms with E-state index in [1.807, 2.05) is 0 Å². The number of ether oxygens (including phenoxy) is 2. The van der Waals surface area contributed by atoms with Crippen LogP contribution in [-0.2, 0) is 4.74 Å². The molecule has 3 heterocycles. The normalized spacial score (nSPS) is 15.0. The summed E-state index contributed by atoms with van der Waals surface area (Å²) >= 11 is 0. The van der Waals surface area contributed by atoms with Gasteiger partial charge in [0, 0.05) is 6.07 Å². The highest BCUT2D eigenvalue weighted by Crippen LogP contribution is 2.28. The van der Waals surface area contributed by atoms with Gasteiger partial charge in [-0.3, -0.25) is 10.1 Å². The molecule has 0 unspecified atom stereocenters. The Labute approximate surface area is 110 Å². The molecule has 1 N–H and O–H groups in total. The first-order chi connectivity index (χ1) is 9.56. The maximum absolute atomic E-state index is 11.1. The van der Waals surface area contributed by atoms with Gasteiger partial charge in [0.1, 0.15) is 12.3 Å². The number of pyridine rings is 1. The van der Waals surface area contributed by atoms with E-state index < -0.39 is 11.0 Å². The summed E-state index contributed by atoms with van der Waals surface area (Å²) in [6, 6.07) is 1.18.